The molecule has 2 heterocycles. The Hall–Kier alpha value is -2.25. The summed E-state index contributed by atoms with van der Waals surface area (Å²) in [6.07, 6.45) is 1.10. The van der Waals surface area contributed by atoms with Crippen molar-refractivity contribution in [2.75, 3.05) is 44.6 Å². The number of hydrogen-bond acceptors (Lipinski definition) is 6. The van der Waals surface area contributed by atoms with E-state index in [1.165, 1.54) is 0 Å². The number of para-hydroxylation sites is 1. The number of anilines is 1. The van der Waals surface area contributed by atoms with Crippen LogP contribution in [-0.4, -0.2) is 71.0 Å². The van der Waals surface area contributed by atoms with Crippen molar-refractivity contribution < 1.29 is 4.79 Å². The highest BCUT2D eigenvalue weighted by Gasteiger charge is 2.22. The first kappa shape index (κ1) is 19.5. The van der Waals surface area contributed by atoms with Gasteiger partial charge in [0.15, 0.2) is 0 Å². The Kier molecular flexibility index (Phi) is 6.58. The molecule has 2 aromatic rings. The fourth-order valence-corrected chi connectivity index (χ4v) is 3.43. The molecule has 3 rings (SSSR count). The number of rotatable bonds is 7. The van der Waals surface area contributed by atoms with Gasteiger partial charge in [-0.1, -0.05) is 12.1 Å². The first-order valence-electron chi connectivity index (χ1n) is 9.80. The number of hydrogen-bond donors (Lipinski definition) is 2. The van der Waals surface area contributed by atoms with E-state index < -0.39 is 0 Å². The van der Waals surface area contributed by atoms with Crippen molar-refractivity contribution in [1.82, 2.24) is 19.8 Å². The van der Waals surface area contributed by atoms with Gasteiger partial charge in [-0.3, -0.25) is 9.69 Å². The number of aromatic nitrogens is 2. The minimum atomic E-state index is 0.200. The van der Waals surface area contributed by atoms with Crippen LogP contribution in [0.5, 0.6) is 0 Å². The van der Waals surface area contributed by atoms with E-state index in [-0.39, 0.29) is 5.91 Å². The largest absolute Gasteiger partial charge is 0.369 e. The molecular formula is C20H30N6O. The molecular weight excluding hydrogens is 340 g/mol. The van der Waals surface area contributed by atoms with E-state index in [2.05, 4.69) is 34.0 Å². The zero-order valence-corrected chi connectivity index (χ0v) is 16.3. The summed E-state index contributed by atoms with van der Waals surface area (Å²) in [6.45, 7) is 9.01. The molecule has 1 amide bonds. The van der Waals surface area contributed by atoms with E-state index in [0.29, 0.717) is 32.0 Å². The summed E-state index contributed by atoms with van der Waals surface area (Å²) in [5.41, 5.74) is 6.55. The van der Waals surface area contributed by atoms with Crippen molar-refractivity contribution in [2.45, 2.75) is 32.7 Å². The Balaban J connectivity index is 1.58. The van der Waals surface area contributed by atoms with Gasteiger partial charge in [0, 0.05) is 57.0 Å². The summed E-state index contributed by atoms with van der Waals surface area (Å²) in [4.78, 5) is 26.0. The normalized spacial score (nSPS) is 15.5. The molecule has 27 heavy (non-hydrogen) atoms. The summed E-state index contributed by atoms with van der Waals surface area (Å²) in [7, 11) is 0. The molecule has 0 aliphatic carbocycles. The molecule has 3 N–H and O–H groups in total. The molecule has 1 aromatic heterocycles. The topological polar surface area (TPSA) is 87.4 Å². The molecule has 1 aliphatic rings. The Morgan fingerprint density at radius 3 is 2.63 bits per heavy atom. The van der Waals surface area contributed by atoms with Gasteiger partial charge in [-0.05, 0) is 32.5 Å². The molecule has 1 aromatic carbocycles. The monoisotopic (exact) mass is 370 g/mol. The van der Waals surface area contributed by atoms with Crippen molar-refractivity contribution in [3.63, 3.8) is 0 Å². The second kappa shape index (κ2) is 9.10. The van der Waals surface area contributed by atoms with Gasteiger partial charge in [-0.25, -0.2) is 9.97 Å². The molecule has 0 saturated carbocycles. The van der Waals surface area contributed by atoms with Crippen LogP contribution in [0.4, 0.5) is 5.82 Å². The molecule has 0 unspecified atom stereocenters. The van der Waals surface area contributed by atoms with Crippen LogP contribution < -0.4 is 11.1 Å². The predicted octanol–water partition coefficient (Wildman–Crippen LogP) is 1.49. The third-order valence-electron chi connectivity index (χ3n) is 5.05. The number of nitrogens with two attached hydrogens (primary N) is 1. The van der Waals surface area contributed by atoms with Gasteiger partial charge in [0.25, 0.3) is 0 Å². The van der Waals surface area contributed by atoms with E-state index >= 15 is 0 Å². The van der Waals surface area contributed by atoms with E-state index in [9.17, 15) is 4.79 Å². The van der Waals surface area contributed by atoms with Gasteiger partial charge in [0.2, 0.25) is 5.91 Å². The van der Waals surface area contributed by atoms with Crippen molar-refractivity contribution in [2.24, 2.45) is 5.73 Å². The molecule has 0 bridgehead atoms. The fraction of sp³-hybridized carbons (Fsp3) is 0.550. The molecule has 1 aliphatic heterocycles. The Morgan fingerprint density at radius 1 is 1.19 bits per heavy atom. The number of benzene rings is 1. The lowest BCUT2D eigenvalue weighted by Crippen LogP contribution is -2.50. The lowest BCUT2D eigenvalue weighted by atomic mass is 10.2. The number of carbonyl (C=O) groups excluding carboxylic acids is 1. The van der Waals surface area contributed by atoms with Crippen LogP contribution in [0.25, 0.3) is 10.9 Å². The maximum Gasteiger partial charge on any atom is 0.224 e. The van der Waals surface area contributed by atoms with Crippen LogP contribution in [-0.2, 0) is 11.2 Å². The highest BCUT2D eigenvalue weighted by molar-refractivity contribution is 5.89. The lowest BCUT2D eigenvalue weighted by Gasteiger charge is -2.37. The van der Waals surface area contributed by atoms with Crippen molar-refractivity contribution in [1.29, 1.82) is 0 Å². The molecule has 146 valence electrons. The molecule has 1 saturated heterocycles. The Bertz CT molecular complexity index is 770. The zero-order valence-electron chi connectivity index (χ0n) is 16.3. The standard InChI is InChI=1S/C20H30N6O/c1-15(2)25-11-13-26(14-12-25)19(27)8-10-22-20-16-5-3-4-6-17(16)23-18(24-20)7-9-21/h3-6,15H,7-14,21H2,1-2H3,(H,22,23,24). The van der Waals surface area contributed by atoms with Crippen molar-refractivity contribution in [3.8, 4) is 0 Å². The molecule has 0 radical (unpaired) electrons. The maximum atomic E-state index is 12.5. The minimum absolute atomic E-state index is 0.200. The number of nitrogens with one attached hydrogen (secondary N) is 1. The second-order valence-electron chi connectivity index (χ2n) is 7.23. The molecule has 1 fully saturated rings. The number of fused-ring (bicyclic) bond motifs is 1. The van der Waals surface area contributed by atoms with Gasteiger partial charge in [0.1, 0.15) is 11.6 Å². The van der Waals surface area contributed by atoms with Gasteiger partial charge >= 0.3 is 0 Å². The Labute approximate surface area is 160 Å². The van der Waals surface area contributed by atoms with Crippen LogP contribution in [0.1, 0.15) is 26.1 Å². The first-order chi connectivity index (χ1) is 13.1. The van der Waals surface area contributed by atoms with Crippen molar-refractivity contribution >= 4 is 22.6 Å². The van der Waals surface area contributed by atoms with Crippen LogP contribution in [0.3, 0.4) is 0 Å². The smallest absolute Gasteiger partial charge is 0.224 e. The molecule has 0 atom stereocenters. The summed E-state index contributed by atoms with van der Waals surface area (Å²) >= 11 is 0. The predicted molar refractivity (Wildman–Crippen MR) is 109 cm³/mol. The van der Waals surface area contributed by atoms with Gasteiger partial charge < -0.3 is 16.0 Å². The summed E-state index contributed by atoms with van der Waals surface area (Å²) in [5, 5.41) is 4.30. The first-order valence-corrected chi connectivity index (χ1v) is 9.80. The average Bonchev–Trinajstić information content (AvgIpc) is 2.68. The van der Waals surface area contributed by atoms with E-state index in [0.717, 1.165) is 48.7 Å². The fourth-order valence-electron chi connectivity index (χ4n) is 3.43. The molecule has 7 heteroatoms. The Morgan fingerprint density at radius 2 is 1.93 bits per heavy atom. The average molecular weight is 371 g/mol. The SMILES string of the molecule is CC(C)N1CCN(C(=O)CCNc2nc(CCN)nc3ccccc23)CC1. The maximum absolute atomic E-state index is 12.5. The molecule has 0 spiro atoms. The van der Waals surface area contributed by atoms with Gasteiger partial charge in [0.05, 0.1) is 5.52 Å². The van der Waals surface area contributed by atoms with Crippen molar-refractivity contribution in [3.05, 3.63) is 30.1 Å². The number of piperazine rings is 1. The zero-order chi connectivity index (χ0) is 19.2. The van der Waals surface area contributed by atoms with E-state index in [4.69, 9.17) is 5.73 Å². The number of nitrogens with zero attached hydrogens (tertiary/aromatic N) is 4. The number of amides is 1. The van der Waals surface area contributed by atoms with Gasteiger partial charge in [-0.2, -0.15) is 0 Å². The summed E-state index contributed by atoms with van der Waals surface area (Å²) < 4.78 is 0. The lowest BCUT2D eigenvalue weighted by molar-refractivity contribution is -0.132. The van der Waals surface area contributed by atoms with E-state index in [1.807, 2.05) is 29.2 Å². The second-order valence-corrected chi connectivity index (χ2v) is 7.23. The summed E-state index contributed by atoms with van der Waals surface area (Å²) in [6, 6.07) is 8.45. The quantitative estimate of drug-likeness (QED) is 0.768. The van der Waals surface area contributed by atoms with Crippen LogP contribution in [0.2, 0.25) is 0 Å². The van der Waals surface area contributed by atoms with Crippen LogP contribution in [0, 0.1) is 0 Å². The molecule has 7 nitrogen and oxygen atoms in total. The van der Waals surface area contributed by atoms with Crippen LogP contribution >= 0.6 is 0 Å². The highest BCUT2D eigenvalue weighted by atomic mass is 16.2. The minimum Gasteiger partial charge on any atom is -0.369 e. The summed E-state index contributed by atoms with van der Waals surface area (Å²) in [5.74, 6) is 1.71. The third kappa shape index (κ3) is 4.93. The highest BCUT2D eigenvalue weighted by Crippen LogP contribution is 2.20. The number of carbonyl (C=O) groups is 1. The van der Waals surface area contributed by atoms with Crippen LogP contribution in [0.15, 0.2) is 24.3 Å². The van der Waals surface area contributed by atoms with E-state index in [1.54, 1.807) is 0 Å². The van der Waals surface area contributed by atoms with Gasteiger partial charge in [-0.15, -0.1) is 0 Å². The third-order valence-corrected chi connectivity index (χ3v) is 5.05.